The largest absolute Gasteiger partial charge is 0.492 e. The first-order valence-corrected chi connectivity index (χ1v) is 8.61. The molecule has 1 aliphatic heterocycles. The number of nitrogens with zero attached hydrogens (tertiary/aromatic N) is 1. The second kappa shape index (κ2) is 9.01. The van der Waals surface area contributed by atoms with Crippen molar-refractivity contribution in [2.75, 3.05) is 37.7 Å². The highest BCUT2D eigenvalue weighted by molar-refractivity contribution is 5.59. The molecule has 0 spiro atoms. The summed E-state index contributed by atoms with van der Waals surface area (Å²) in [5.41, 5.74) is 2.45. The molecule has 1 aliphatic rings. The van der Waals surface area contributed by atoms with Gasteiger partial charge >= 0.3 is 0 Å². The summed E-state index contributed by atoms with van der Waals surface area (Å²) in [5, 5.41) is 3.50. The molecule has 4 nitrogen and oxygen atoms in total. The van der Waals surface area contributed by atoms with E-state index in [0.717, 1.165) is 38.5 Å². The van der Waals surface area contributed by atoms with Gasteiger partial charge in [0.2, 0.25) is 0 Å². The molecule has 1 atom stereocenters. The second-order valence-corrected chi connectivity index (χ2v) is 5.67. The van der Waals surface area contributed by atoms with Gasteiger partial charge < -0.3 is 19.7 Å². The Morgan fingerprint density at radius 3 is 2.73 bits per heavy atom. The lowest BCUT2D eigenvalue weighted by Crippen LogP contribution is -2.26. The van der Waals surface area contributed by atoms with Crippen LogP contribution in [0, 0.1) is 0 Å². The Labute approximate surface area is 134 Å². The number of anilines is 1. The van der Waals surface area contributed by atoms with Gasteiger partial charge in [0.25, 0.3) is 0 Å². The van der Waals surface area contributed by atoms with Crippen LogP contribution in [0.25, 0.3) is 0 Å². The Hall–Kier alpha value is -1.26. The zero-order valence-corrected chi connectivity index (χ0v) is 14.2. The molecule has 124 valence electrons. The SMILES string of the molecule is CCOc1cc(CNCC2CCCO2)ccc1N(CC)CC. The average Bonchev–Trinajstić information content (AvgIpc) is 3.04. The standard InChI is InChI=1S/C18H30N2O2/c1-4-20(5-2)17-10-9-15(12-18(17)21-6-3)13-19-14-16-8-7-11-22-16/h9-10,12,16,19H,4-8,11,13-14H2,1-3H3. The first-order valence-electron chi connectivity index (χ1n) is 8.61. The minimum Gasteiger partial charge on any atom is -0.492 e. The van der Waals surface area contributed by atoms with Gasteiger partial charge in [0.05, 0.1) is 18.4 Å². The lowest BCUT2D eigenvalue weighted by Gasteiger charge is -2.24. The predicted molar refractivity (Wildman–Crippen MR) is 91.9 cm³/mol. The molecular weight excluding hydrogens is 276 g/mol. The van der Waals surface area contributed by atoms with E-state index in [-0.39, 0.29) is 0 Å². The van der Waals surface area contributed by atoms with E-state index in [2.05, 4.69) is 42.3 Å². The smallest absolute Gasteiger partial charge is 0.142 e. The van der Waals surface area contributed by atoms with E-state index in [4.69, 9.17) is 9.47 Å². The molecule has 1 aromatic carbocycles. The molecule has 0 saturated carbocycles. The van der Waals surface area contributed by atoms with E-state index in [9.17, 15) is 0 Å². The van der Waals surface area contributed by atoms with E-state index in [0.29, 0.717) is 12.7 Å². The maximum Gasteiger partial charge on any atom is 0.142 e. The molecular formula is C18H30N2O2. The number of ether oxygens (including phenoxy) is 2. The number of hydrogen-bond donors (Lipinski definition) is 1. The van der Waals surface area contributed by atoms with E-state index >= 15 is 0 Å². The molecule has 1 aromatic rings. The van der Waals surface area contributed by atoms with E-state index < -0.39 is 0 Å². The zero-order valence-electron chi connectivity index (χ0n) is 14.2. The van der Waals surface area contributed by atoms with Gasteiger partial charge in [-0.05, 0) is 51.3 Å². The Bertz CT molecular complexity index is 441. The van der Waals surface area contributed by atoms with Crippen LogP contribution in [0.5, 0.6) is 5.75 Å². The van der Waals surface area contributed by atoms with Gasteiger partial charge in [0.15, 0.2) is 0 Å². The monoisotopic (exact) mass is 306 g/mol. The maximum absolute atomic E-state index is 5.85. The van der Waals surface area contributed by atoms with Crippen molar-refractivity contribution in [1.29, 1.82) is 0 Å². The molecule has 4 heteroatoms. The lowest BCUT2D eigenvalue weighted by molar-refractivity contribution is 0.110. The number of rotatable bonds is 9. The molecule has 1 fully saturated rings. The molecule has 2 rings (SSSR count). The number of nitrogens with one attached hydrogen (secondary N) is 1. The van der Waals surface area contributed by atoms with E-state index in [1.54, 1.807) is 0 Å². The molecule has 1 unspecified atom stereocenters. The van der Waals surface area contributed by atoms with Crippen LogP contribution in [0.1, 0.15) is 39.2 Å². The lowest BCUT2D eigenvalue weighted by atomic mass is 10.1. The number of hydrogen-bond acceptors (Lipinski definition) is 4. The zero-order chi connectivity index (χ0) is 15.8. The van der Waals surface area contributed by atoms with Gasteiger partial charge in [-0.3, -0.25) is 0 Å². The number of benzene rings is 1. The van der Waals surface area contributed by atoms with Crippen molar-refractivity contribution in [3.63, 3.8) is 0 Å². The van der Waals surface area contributed by atoms with Crippen molar-refractivity contribution in [2.45, 2.75) is 46.3 Å². The van der Waals surface area contributed by atoms with Crippen LogP contribution in [-0.4, -0.2) is 39.0 Å². The fraction of sp³-hybridized carbons (Fsp3) is 0.667. The molecule has 0 radical (unpaired) electrons. The summed E-state index contributed by atoms with van der Waals surface area (Å²) in [6, 6.07) is 6.54. The van der Waals surface area contributed by atoms with Crippen molar-refractivity contribution in [3.8, 4) is 5.75 Å². The average molecular weight is 306 g/mol. The normalized spacial score (nSPS) is 17.7. The Morgan fingerprint density at radius 1 is 1.27 bits per heavy atom. The van der Waals surface area contributed by atoms with Gasteiger partial charge in [-0.1, -0.05) is 6.07 Å². The summed E-state index contributed by atoms with van der Waals surface area (Å²) >= 11 is 0. The Kier molecular flexibility index (Phi) is 7.00. The first-order chi connectivity index (χ1) is 10.8. The van der Waals surface area contributed by atoms with Gasteiger partial charge in [-0.15, -0.1) is 0 Å². The fourth-order valence-electron chi connectivity index (χ4n) is 2.95. The van der Waals surface area contributed by atoms with Crippen molar-refractivity contribution >= 4 is 5.69 Å². The molecule has 0 aliphatic carbocycles. The summed E-state index contributed by atoms with van der Waals surface area (Å²) < 4.78 is 11.5. The van der Waals surface area contributed by atoms with Crippen LogP contribution >= 0.6 is 0 Å². The van der Waals surface area contributed by atoms with Crippen molar-refractivity contribution in [2.24, 2.45) is 0 Å². The van der Waals surface area contributed by atoms with Gasteiger partial charge in [-0.2, -0.15) is 0 Å². The van der Waals surface area contributed by atoms with Crippen molar-refractivity contribution in [1.82, 2.24) is 5.32 Å². The summed E-state index contributed by atoms with van der Waals surface area (Å²) in [5.74, 6) is 0.989. The molecule has 1 heterocycles. The summed E-state index contributed by atoms with van der Waals surface area (Å²) in [6.07, 6.45) is 2.76. The highest BCUT2D eigenvalue weighted by Crippen LogP contribution is 2.29. The Morgan fingerprint density at radius 2 is 2.09 bits per heavy atom. The molecule has 22 heavy (non-hydrogen) atoms. The minimum absolute atomic E-state index is 0.390. The third-order valence-corrected chi connectivity index (χ3v) is 4.15. The topological polar surface area (TPSA) is 33.7 Å². The summed E-state index contributed by atoms with van der Waals surface area (Å²) in [7, 11) is 0. The molecule has 0 amide bonds. The second-order valence-electron chi connectivity index (χ2n) is 5.67. The summed E-state index contributed by atoms with van der Waals surface area (Å²) in [6.45, 7) is 11.8. The van der Waals surface area contributed by atoms with Gasteiger partial charge in [0, 0.05) is 32.8 Å². The van der Waals surface area contributed by atoms with Crippen LogP contribution in [0.3, 0.4) is 0 Å². The fourth-order valence-corrected chi connectivity index (χ4v) is 2.95. The first kappa shape index (κ1) is 17.1. The van der Waals surface area contributed by atoms with Crippen LogP contribution in [0.15, 0.2) is 18.2 Å². The van der Waals surface area contributed by atoms with Crippen LogP contribution in [0.2, 0.25) is 0 Å². The quantitative estimate of drug-likeness (QED) is 0.759. The molecule has 1 N–H and O–H groups in total. The minimum atomic E-state index is 0.390. The predicted octanol–water partition coefficient (Wildman–Crippen LogP) is 3.20. The highest BCUT2D eigenvalue weighted by Gasteiger charge is 2.15. The molecule has 0 bridgehead atoms. The third-order valence-electron chi connectivity index (χ3n) is 4.15. The van der Waals surface area contributed by atoms with E-state index in [1.807, 2.05) is 6.92 Å². The highest BCUT2D eigenvalue weighted by atomic mass is 16.5. The molecule has 1 saturated heterocycles. The van der Waals surface area contributed by atoms with Crippen LogP contribution in [-0.2, 0) is 11.3 Å². The third kappa shape index (κ3) is 4.62. The van der Waals surface area contributed by atoms with Crippen molar-refractivity contribution in [3.05, 3.63) is 23.8 Å². The van der Waals surface area contributed by atoms with Crippen LogP contribution < -0.4 is 15.0 Å². The molecule has 0 aromatic heterocycles. The van der Waals surface area contributed by atoms with Gasteiger partial charge in [-0.25, -0.2) is 0 Å². The van der Waals surface area contributed by atoms with Gasteiger partial charge in [0.1, 0.15) is 5.75 Å². The Balaban J connectivity index is 1.97. The van der Waals surface area contributed by atoms with E-state index in [1.165, 1.54) is 24.1 Å². The van der Waals surface area contributed by atoms with Crippen molar-refractivity contribution < 1.29 is 9.47 Å². The summed E-state index contributed by atoms with van der Waals surface area (Å²) in [4.78, 5) is 2.33. The van der Waals surface area contributed by atoms with Crippen LogP contribution in [0.4, 0.5) is 5.69 Å². The maximum atomic E-state index is 5.85.